The Balaban J connectivity index is 1.79. The molecule has 0 aromatic heterocycles. The highest BCUT2D eigenvalue weighted by molar-refractivity contribution is 5.96. The van der Waals surface area contributed by atoms with Gasteiger partial charge in [-0.2, -0.15) is 5.10 Å². The number of nitro groups is 2. The lowest BCUT2D eigenvalue weighted by Gasteiger charge is -2.08. The second kappa shape index (κ2) is 10.5. The number of carbonyl (C=O) groups is 2. The smallest absolute Gasteiger partial charge is 0.343 e. The fourth-order valence-corrected chi connectivity index (χ4v) is 2.69. The van der Waals surface area contributed by atoms with Crippen LogP contribution < -0.4 is 14.9 Å². The highest BCUT2D eigenvalue weighted by Gasteiger charge is 2.16. The van der Waals surface area contributed by atoms with E-state index in [2.05, 4.69) is 10.5 Å². The molecule has 0 atom stereocenters. The topological polar surface area (TPSA) is 163 Å². The number of esters is 1. The van der Waals surface area contributed by atoms with E-state index in [-0.39, 0.29) is 28.3 Å². The minimum absolute atomic E-state index is 0.0275. The fourth-order valence-electron chi connectivity index (χ4n) is 2.69. The number of amides is 1. The molecule has 1 N–H and O–H groups in total. The minimum atomic E-state index is -0.847. The van der Waals surface area contributed by atoms with Crippen LogP contribution in [0.25, 0.3) is 0 Å². The number of nitrogens with one attached hydrogen (secondary N) is 1. The third-order valence-corrected chi connectivity index (χ3v) is 4.44. The van der Waals surface area contributed by atoms with Gasteiger partial charge in [0.2, 0.25) is 0 Å². The normalized spacial score (nSPS) is 10.5. The fraction of sp³-hybridized carbons (Fsp3) is 0.0455. The molecule has 0 saturated heterocycles. The number of non-ortho nitro benzene ring substituents is 2. The summed E-state index contributed by atoms with van der Waals surface area (Å²) in [5.41, 5.74) is 2.15. The second-order valence-corrected chi connectivity index (χ2v) is 6.60. The van der Waals surface area contributed by atoms with Gasteiger partial charge in [-0.15, -0.1) is 0 Å². The molecule has 34 heavy (non-hydrogen) atoms. The molecule has 172 valence electrons. The van der Waals surface area contributed by atoms with Crippen LogP contribution in [0.2, 0.25) is 0 Å². The van der Waals surface area contributed by atoms with E-state index in [1.54, 1.807) is 12.1 Å². The van der Waals surface area contributed by atoms with E-state index in [9.17, 15) is 29.8 Å². The van der Waals surface area contributed by atoms with Gasteiger partial charge in [0.25, 0.3) is 17.3 Å². The number of hydrogen-bond acceptors (Lipinski definition) is 9. The van der Waals surface area contributed by atoms with Crippen molar-refractivity contribution in [1.82, 2.24) is 5.43 Å². The molecule has 0 radical (unpaired) electrons. The third kappa shape index (κ3) is 5.76. The van der Waals surface area contributed by atoms with Crippen LogP contribution in [0.1, 0.15) is 26.3 Å². The molecule has 0 fully saturated rings. The van der Waals surface area contributed by atoms with Gasteiger partial charge in [0, 0.05) is 35.4 Å². The maximum absolute atomic E-state index is 12.4. The van der Waals surface area contributed by atoms with Crippen LogP contribution >= 0.6 is 0 Å². The molecule has 3 aromatic rings. The lowest BCUT2D eigenvalue weighted by molar-refractivity contribution is -0.385. The van der Waals surface area contributed by atoms with Crippen LogP contribution in [0, 0.1) is 20.2 Å². The first-order valence-corrected chi connectivity index (χ1v) is 9.51. The monoisotopic (exact) mass is 464 g/mol. The van der Waals surface area contributed by atoms with E-state index >= 15 is 0 Å². The summed E-state index contributed by atoms with van der Waals surface area (Å²) in [5.74, 6) is -0.901. The van der Waals surface area contributed by atoms with Crippen LogP contribution in [0.3, 0.4) is 0 Å². The number of hydrazone groups is 1. The molecule has 0 aliphatic rings. The Bertz CT molecular complexity index is 1270. The number of nitro benzene ring substituents is 2. The summed E-state index contributed by atoms with van der Waals surface area (Å²) in [6.07, 6.45) is 1.09. The van der Waals surface area contributed by atoms with E-state index in [4.69, 9.17) is 9.47 Å². The van der Waals surface area contributed by atoms with Gasteiger partial charge in [-0.3, -0.25) is 25.0 Å². The maximum Gasteiger partial charge on any atom is 0.343 e. The van der Waals surface area contributed by atoms with Crippen molar-refractivity contribution in [3.8, 4) is 11.5 Å². The predicted octanol–water partition coefficient (Wildman–Crippen LogP) is 3.49. The van der Waals surface area contributed by atoms with E-state index in [1.807, 2.05) is 0 Å². The number of rotatable bonds is 8. The third-order valence-electron chi connectivity index (χ3n) is 4.44. The Morgan fingerprint density at radius 2 is 1.47 bits per heavy atom. The van der Waals surface area contributed by atoms with E-state index in [0.717, 1.165) is 30.5 Å². The molecule has 3 aromatic carbocycles. The van der Waals surface area contributed by atoms with Gasteiger partial charge in [-0.25, -0.2) is 10.2 Å². The second-order valence-electron chi connectivity index (χ2n) is 6.60. The molecule has 0 saturated carbocycles. The summed E-state index contributed by atoms with van der Waals surface area (Å²) in [5, 5.41) is 25.7. The SMILES string of the molecule is COc1ccc(C(=O)N/N=C/c2cc([N+](=O)[O-])ccc2OC(=O)c2ccc([N+](=O)[O-])cc2)cc1. The molecule has 0 aliphatic heterocycles. The summed E-state index contributed by atoms with van der Waals surface area (Å²) in [4.78, 5) is 45.3. The lowest BCUT2D eigenvalue weighted by Crippen LogP contribution is -2.17. The number of ether oxygens (including phenoxy) is 2. The van der Waals surface area contributed by atoms with Gasteiger partial charge in [0.05, 0.1) is 28.7 Å². The van der Waals surface area contributed by atoms with Gasteiger partial charge >= 0.3 is 5.97 Å². The number of carbonyl (C=O) groups excluding carboxylic acids is 2. The van der Waals surface area contributed by atoms with Crippen molar-refractivity contribution in [3.05, 3.63) is 104 Å². The Morgan fingerprint density at radius 1 is 0.882 bits per heavy atom. The average molecular weight is 464 g/mol. The van der Waals surface area contributed by atoms with Gasteiger partial charge in [-0.1, -0.05) is 0 Å². The molecular weight excluding hydrogens is 448 g/mol. The number of hydrogen-bond donors (Lipinski definition) is 1. The van der Waals surface area contributed by atoms with Crippen LogP contribution in [-0.4, -0.2) is 35.0 Å². The molecule has 0 aliphatic carbocycles. The molecule has 0 unspecified atom stereocenters. The number of nitrogens with zero attached hydrogens (tertiary/aromatic N) is 3. The standard InChI is InChI=1S/C22H16N4O8/c1-33-19-9-4-14(5-10-19)21(27)24-23-13-16-12-18(26(31)32)8-11-20(16)34-22(28)15-2-6-17(7-3-15)25(29)30/h2-13H,1H3,(H,24,27)/b23-13+. The zero-order valence-electron chi connectivity index (χ0n) is 17.5. The quantitative estimate of drug-likeness (QED) is 0.174. The van der Waals surface area contributed by atoms with E-state index in [1.165, 1.54) is 37.4 Å². The molecule has 1 amide bonds. The van der Waals surface area contributed by atoms with Crippen molar-refractivity contribution in [2.75, 3.05) is 7.11 Å². The van der Waals surface area contributed by atoms with Crippen LogP contribution in [0.4, 0.5) is 11.4 Å². The lowest BCUT2D eigenvalue weighted by atomic mass is 10.2. The molecule has 12 nitrogen and oxygen atoms in total. The summed E-state index contributed by atoms with van der Waals surface area (Å²) in [6, 6.07) is 14.4. The Kier molecular flexibility index (Phi) is 7.24. The summed E-state index contributed by atoms with van der Waals surface area (Å²) in [7, 11) is 1.49. The summed E-state index contributed by atoms with van der Waals surface area (Å²) >= 11 is 0. The molecule has 0 bridgehead atoms. The molecule has 12 heteroatoms. The first-order chi connectivity index (χ1) is 16.3. The first kappa shape index (κ1) is 23.5. The van der Waals surface area contributed by atoms with E-state index in [0.29, 0.717) is 11.3 Å². The minimum Gasteiger partial charge on any atom is -0.497 e. The molecular formula is C22H16N4O8. The van der Waals surface area contributed by atoms with Crippen molar-refractivity contribution in [2.24, 2.45) is 5.10 Å². The van der Waals surface area contributed by atoms with Crippen LogP contribution in [-0.2, 0) is 0 Å². The number of benzene rings is 3. The van der Waals surface area contributed by atoms with Crippen molar-refractivity contribution in [3.63, 3.8) is 0 Å². The zero-order valence-corrected chi connectivity index (χ0v) is 17.5. The Hall–Kier alpha value is -5.13. The molecule has 0 spiro atoms. The maximum atomic E-state index is 12.4. The van der Waals surface area contributed by atoms with Crippen molar-refractivity contribution < 1.29 is 28.9 Å². The Labute approximate surface area is 191 Å². The van der Waals surface area contributed by atoms with Gasteiger partial charge in [0.1, 0.15) is 11.5 Å². The highest BCUT2D eigenvalue weighted by atomic mass is 16.6. The van der Waals surface area contributed by atoms with Crippen LogP contribution in [0.5, 0.6) is 11.5 Å². The van der Waals surface area contributed by atoms with Crippen molar-refractivity contribution in [2.45, 2.75) is 0 Å². The Morgan fingerprint density at radius 3 is 2.06 bits per heavy atom. The van der Waals surface area contributed by atoms with Gasteiger partial charge in [-0.05, 0) is 42.5 Å². The number of methoxy groups -OCH3 is 1. The van der Waals surface area contributed by atoms with Crippen molar-refractivity contribution >= 4 is 29.5 Å². The molecule has 3 rings (SSSR count). The molecule has 0 heterocycles. The van der Waals surface area contributed by atoms with Gasteiger partial charge < -0.3 is 9.47 Å². The van der Waals surface area contributed by atoms with Crippen LogP contribution in [0.15, 0.2) is 71.8 Å². The largest absolute Gasteiger partial charge is 0.497 e. The summed E-state index contributed by atoms with van der Waals surface area (Å²) in [6.45, 7) is 0. The highest BCUT2D eigenvalue weighted by Crippen LogP contribution is 2.24. The predicted molar refractivity (Wildman–Crippen MR) is 119 cm³/mol. The first-order valence-electron chi connectivity index (χ1n) is 9.51. The van der Waals surface area contributed by atoms with Gasteiger partial charge in [0.15, 0.2) is 0 Å². The summed E-state index contributed by atoms with van der Waals surface area (Å²) < 4.78 is 10.3. The van der Waals surface area contributed by atoms with E-state index < -0.39 is 21.7 Å². The average Bonchev–Trinajstić information content (AvgIpc) is 2.84. The van der Waals surface area contributed by atoms with Crippen molar-refractivity contribution in [1.29, 1.82) is 0 Å². The zero-order chi connectivity index (χ0) is 24.7.